The number of fused-ring (bicyclic) bond motifs is 2. The minimum atomic E-state index is -1.77. The molecule has 4 heterocycles. The van der Waals surface area contributed by atoms with E-state index in [4.69, 9.17) is 11.5 Å². The summed E-state index contributed by atoms with van der Waals surface area (Å²) in [6.07, 6.45) is -0.0612. The summed E-state index contributed by atoms with van der Waals surface area (Å²) in [5, 5.41) is 69.4. The van der Waals surface area contributed by atoms with Crippen LogP contribution in [0.4, 0.5) is 0 Å². The van der Waals surface area contributed by atoms with Gasteiger partial charge in [-0.25, -0.2) is 4.79 Å². The van der Waals surface area contributed by atoms with Gasteiger partial charge in [-0.05, 0) is 69.2 Å². The first kappa shape index (κ1) is 62.7. The number of nitrogens with two attached hydrogens (primary N) is 2. The number of aliphatic hydroxyl groups is 4. The highest BCUT2D eigenvalue weighted by atomic mass is 16.4. The minimum Gasteiger partial charge on any atom is -0.480 e. The molecule has 29 nitrogen and oxygen atoms in total. The van der Waals surface area contributed by atoms with Gasteiger partial charge in [0.1, 0.15) is 54.4 Å². The predicted octanol–water partition coefficient (Wildman–Crippen LogP) is -5.14. The number of amides is 10. The summed E-state index contributed by atoms with van der Waals surface area (Å²) in [6.45, 7) is -0.323. The molecular formula is C53H71N13O16. The van der Waals surface area contributed by atoms with Crippen LogP contribution >= 0.6 is 0 Å². The Morgan fingerprint density at radius 2 is 1.09 bits per heavy atom. The van der Waals surface area contributed by atoms with E-state index in [1.807, 2.05) is 0 Å². The lowest BCUT2D eigenvalue weighted by molar-refractivity contribution is -0.149. The monoisotopic (exact) mass is 1150 g/mol. The molecule has 0 radical (unpaired) electrons. The van der Waals surface area contributed by atoms with Crippen molar-refractivity contribution in [2.75, 3.05) is 32.8 Å². The van der Waals surface area contributed by atoms with E-state index in [1.54, 1.807) is 60.9 Å². The third kappa shape index (κ3) is 15.9. The first-order valence-corrected chi connectivity index (χ1v) is 26.7. The normalized spacial score (nSPS) is 18.4. The van der Waals surface area contributed by atoms with E-state index in [-0.39, 0.29) is 51.6 Å². The molecule has 0 spiro atoms. The highest BCUT2D eigenvalue weighted by molar-refractivity contribution is 5.99. The number of rotatable bonds is 28. The average molecular weight is 1150 g/mol. The molecule has 0 aliphatic carbocycles. The summed E-state index contributed by atoms with van der Waals surface area (Å²) in [5.41, 5.74) is 13.3. The molecule has 6 rings (SSSR count). The molecule has 4 aromatic rings. The van der Waals surface area contributed by atoms with Crippen molar-refractivity contribution < 1.29 is 78.3 Å². The van der Waals surface area contributed by atoms with E-state index in [9.17, 15) is 78.3 Å². The molecule has 0 unspecified atom stereocenters. The quantitative estimate of drug-likeness (QED) is 0.0253. The molecule has 10 amide bonds. The number of aromatic nitrogens is 2. The third-order valence-electron chi connectivity index (χ3n) is 14.4. The number of carbonyl (C=O) groups is 11. The molecule has 2 fully saturated rings. The maximum atomic E-state index is 14.4. The first-order valence-electron chi connectivity index (χ1n) is 26.7. The molecule has 82 heavy (non-hydrogen) atoms. The summed E-state index contributed by atoms with van der Waals surface area (Å²) in [5.74, 6) is -10.7. The minimum absolute atomic E-state index is 0.0377. The standard InChI is InChI=1S/C53H71N13O16/c1-26(69)43(55)49(77)58-23-42(72)64-44(27(2)70)50(78)61-36(20-29-22-57-33-12-6-4-10-31(29)33)46(74)63-38(25-68)52(80)65-17-7-13-39(65)48(76)60-35(19-28-21-56-32-11-5-3-9-30(28)32)45(73)62-37(24-67)47(75)59-34(15-16-41(54)71)51(79)66-18-8-14-40(66)53(81)82/h3-6,9-12,21-22,26-27,34-40,43-44,56-57,67-70H,7-8,13-20,23-25,55H2,1-2H3,(H2,54,71)(H,58,77)(H,59,75)(H,60,76)(H,61,78)(H,62,73)(H,63,74)(H,64,72)(H,81,82)/t26-,27-,34+,35+,36+,37+,38+,39+,40+,43+,44+/m1/s1. The molecule has 18 N–H and O–H groups in total. The van der Waals surface area contributed by atoms with Crippen LogP contribution in [0.15, 0.2) is 60.9 Å². The smallest absolute Gasteiger partial charge is 0.326 e. The molecule has 29 heteroatoms. The van der Waals surface area contributed by atoms with Crippen molar-refractivity contribution >= 4 is 86.8 Å². The van der Waals surface area contributed by atoms with Gasteiger partial charge in [0.05, 0.1) is 32.0 Å². The number of H-pyrrole nitrogens is 2. The Bertz CT molecular complexity index is 3000. The van der Waals surface area contributed by atoms with Crippen LogP contribution in [0, 0.1) is 0 Å². The number of carboxylic acids is 1. The Morgan fingerprint density at radius 3 is 1.61 bits per heavy atom. The summed E-state index contributed by atoms with van der Waals surface area (Å²) in [6, 6.07) is 0.358. The maximum Gasteiger partial charge on any atom is 0.326 e. The lowest BCUT2D eigenvalue weighted by atomic mass is 10.0. The maximum absolute atomic E-state index is 14.4. The number of carboxylic acid groups (broad SMARTS) is 1. The molecule has 2 saturated heterocycles. The largest absolute Gasteiger partial charge is 0.480 e. The van der Waals surface area contributed by atoms with Gasteiger partial charge in [-0.2, -0.15) is 0 Å². The number of aliphatic carboxylic acids is 1. The van der Waals surface area contributed by atoms with Crippen LogP contribution in [-0.2, 0) is 65.6 Å². The van der Waals surface area contributed by atoms with Crippen LogP contribution in [-0.4, -0.2) is 210 Å². The van der Waals surface area contributed by atoms with Gasteiger partial charge in [-0.3, -0.25) is 47.9 Å². The number of aliphatic hydroxyl groups excluding tert-OH is 4. The number of nitrogens with one attached hydrogen (secondary N) is 9. The Labute approximate surface area is 469 Å². The first-order chi connectivity index (χ1) is 39.0. The molecule has 2 aromatic carbocycles. The van der Waals surface area contributed by atoms with E-state index in [0.717, 1.165) is 9.80 Å². The molecule has 2 aromatic heterocycles. The van der Waals surface area contributed by atoms with Crippen LogP contribution in [0.1, 0.15) is 63.5 Å². The van der Waals surface area contributed by atoms with E-state index in [1.165, 1.54) is 13.8 Å². The van der Waals surface area contributed by atoms with Crippen molar-refractivity contribution in [1.82, 2.24) is 57.0 Å². The second-order valence-electron chi connectivity index (χ2n) is 20.3. The van der Waals surface area contributed by atoms with Crippen LogP contribution in [0.25, 0.3) is 21.8 Å². The molecular weight excluding hydrogens is 1070 g/mol. The van der Waals surface area contributed by atoms with Crippen molar-refractivity contribution in [3.63, 3.8) is 0 Å². The van der Waals surface area contributed by atoms with E-state index >= 15 is 0 Å². The molecule has 0 bridgehead atoms. The lowest BCUT2D eigenvalue weighted by Gasteiger charge is -2.31. The number of nitrogens with zero attached hydrogens (tertiary/aromatic N) is 2. The molecule has 11 atom stereocenters. The fourth-order valence-corrected chi connectivity index (χ4v) is 9.85. The Hall–Kier alpha value is -8.51. The second-order valence-corrected chi connectivity index (χ2v) is 20.3. The van der Waals surface area contributed by atoms with Gasteiger partial charge in [-0.1, -0.05) is 36.4 Å². The Kier molecular flexibility index (Phi) is 22.0. The van der Waals surface area contributed by atoms with Crippen LogP contribution in [0.3, 0.4) is 0 Å². The molecule has 2 aliphatic heterocycles. The summed E-state index contributed by atoms with van der Waals surface area (Å²) in [7, 11) is 0. The molecule has 2 aliphatic rings. The van der Waals surface area contributed by atoms with Gasteiger partial charge in [0.25, 0.3) is 0 Å². The number of carbonyl (C=O) groups excluding carboxylic acids is 10. The zero-order valence-corrected chi connectivity index (χ0v) is 45.1. The fraction of sp³-hybridized carbons (Fsp3) is 0.491. The number of benzene rings is 2. The summed E-state index contributed by atoms with van der Waals surface area (Å²) in [4.78, 5) is 156. The summed E-state index contributed by atoms with van der Waals surface area (Å²) >= 11 is 0. The van der Waals surface area contributed by atoms with Crippen molar-refractivity contribution in [3.05, 3.63) is 72.1 Å². The number of likely N-dealkylation sites (tertiary alicyclic amines) is 2. The average Bonchev–Trinajstić information content (AvgIpc) is 4.37. The van der Waals surface area contributed by atoms with Crippen molar-refractivity contribution in [2.24, 2.45) is 11.5 Å². The molecule has 444 valence electrons. The van der Waals surface area contributed by atoms with Gasteiger partial charge >= 0.3 is 5.97 Å². The van der Waals surface area contributed by atoms with Crippen LogP contribution < -0.4 is 48.7 Å². The van der Waals surface area contributed by atoms with Gasteiger partial charge < -0.3 is 94.0 Å². The number of hydrogen-bond donors (Lipinski definition) is 16. The second kappa shape index (κ2) is 28.8. The van der Waals surface area contributed by atoms with Gasteiger partial charge in [0, 0.05) is 66.6 Å². The van der Waals surface area contributed by atoms with E-state index in [2.05, 4.69) is 47.2 Å². The van der Waals surface area contributed by atoms with E-state index in [0.29, 0.717) is 39.4 Å². The number of aromatic amines is 2. The van der Waals surface area contributed by atoms with Gasteiger partial charge in [0.2, 0.25) is 59.1 Å². The predicted molar refractivity (Wildman–Crippen MR) is 290 cm³/mol. The van der Waals surface area contributed by atoms with Crippen molar-refractivity contribution in [1.29, 1.82) is 0 Å². The topological polar surface area (TPSA) is 463 Å². The summed E-state index contributed by atoms with van der Waals surface area (Å²) < 4.78 is 0. The highest BCUT2D eigenvalue weighted by Gasteiger charge is 2.42. The lowest BCUT2D eigenvalue weighted by Crippen LogP contribution is -2.62. The van der Waals surface area contributed by atoms with Crippen LogP contribution in [0.2, 0.25) is 0 Å². The number of primary amides is 1. The van der Waals surface area contributed by atoms with E-state index < -0.39 is 158 Å². The third-order valence-corrected chi connectivity index (χ3v) is 14.4. The van der Waals surface area contributed by atoms with Crippen molar-refractivity contribution in [2.45, 2.75) is 132 Å². The number of hydrogen-bond acceptors (Lipinski definition) is 16. The highest BCUT2D eigenvalue weighted by Crippen LogP contribution is 2.24. The fourth-order valence-electron chi connectivity index (χ4n) is 9.85. The molecule has 0 saturated carbocycles. The Morgan fingerprint density at radius 1 is 0.610 bits per heavy atom. The van der Waals surface area contributed by atoms with Crippen LogP contribution in [0.5, 0.6) is 0 Å². The number of para-hydroxylation sites is 2. The zero-order chi connectivity index (χ0) is 59.9. The zero-order valence-electron chi connectivity index (χ0n) is 45.1. The van der Waals surface area contributed by atoms with Gasteiger partial charge in [0.15, 0.2) is 0 Å². The Balaban J connectivity index is 1.19. The van der Waals surface area contributed by atoms with Gasteiger partial charge in [-0.15, -0.1) is 0 Å². The SMILES string of the molecule is C[C@@H](O)[C@H](N)C(=O)NCC(=O)N[C@H](C(=O)N[C@@H](Cc1c[nH]c2ccccc12)C(=O)N[C@@H](CO)C(=O)N1CCC[C@H]1C(=O)N[C@@H](Cc1c[nH]c2ccccc12)C(=O)N[C@@H](CO)C(=O)N[C@@H](CCC(N)=O)C(=O)N1CCC[C@H]1C(=O)O)[C@@H](C)O. The van der Waals surface area contributed by atoms with Crippen molar-refractivity contribution in [3.8, 4) is 0 Å².